The van der Waals surface area contributed by atoms with Crippen molar-refractivity contribution in [2.75, 3.05) is 14.2 Å². The molecule has 0 unspecified atom stereocenters. The van der Waals surface area contributed by atoms with Gasteiger partial charge in [-0.3, -0.25) is 4.79 Å². The van der Waals surface area contributed by atoms with Crippen molar-refractivity contribution in [2.24, 2.45) is 5.41 Å². The van der Waals surface area contributed by atoms with Gasteiger partial charge in [0, 0.05) is 7.05 Å². The molecule has 0 aromatic heterocycles. The first-order valence-electron chi connectivity index (χ1n) is 3.60. The van der Waals surface area contributed by atoms with Crippen molar-refractivity contribution in [1.82, 2.24) is 5.32 Å². The highest BCUT2D eigenvalue weighted by Crippen LogP contribution is 2.20. The standard InChI is InChI=1S/C8H16NO2/c1-8(2,3)6(9-4)7(10)11-5/h6H,1-5H3/t6-/m0/s1. The number of carbonyl (C=O) groups excluding carboxylic acids is 1. The lowest BCUT2D eigenvalue weighted by Crippen LogP contribution is -2.41. The van der Waals surface area contributed by atoms with E-state index in [1.807, 2.05) is 20.8 Å². The Hall–Kier alpha value is -0.570. The van der Waals surface area contributed by atoms with Gasteiger partial charge in [-0.15, -0.1) is 0 Å². The molecule has 0 aromatic rings. The lowest BCUT2D eigenvalue weighted by Gasteiger charge is -2.26. The zero-order valence-electron chi connectivity index (χ0n) is 7.84. The molecule has 3 heteroatoms. The molecule has 65 valence electrons. The summed E-state index contributed by atoms with van der Waals surface area (Å²) in [5.41, 5.74) is -0.151. The van der Waals surface area contributed by atoms with Gasteiger partial charge < -0.3 is 4.74 Å². The Bertz CT molecular complexity index is 138. The second-order valence-electron chi connectivity index (χ2n) is 3.55. The fourth-order valence-corrected chi connectivity index (χ4v) is 0.958. The van der Waals surface area contributed by atoms with E-state index in [9.17, 15) is 4.79 Å². The first-order chi connectivity index (χ1) is 4.93. The Labute approximate surface area is 68.1 Å². The van der Waals surface area contributed by atoms with E-state index >= 15 is 0 Å². The molecule has 11 heavy (non-hydrogen) atoms. The van der Waals surface area contributed by atoms with Crippen molar-refractivity contribution in [2.45, 2.75) is 26.8 Å². The van der Waals surface area contributed by atoms with Crippen molar-refractivity contribution >= 4 is 5.97 Å². The Morgan fingerprint density at radius 1 is 1.45 bits per heavy atom. The molecule has 0 N–H and O–H groups in total. The van der Waals surface area contributed by atoms with Crippen molar-refractivity contribution in [1.29, 1.82) is 0 Å². The average Bonchev–Trinajstić information content (AvgIpc) is 1.86. The zero-order chi connectivity index (χ0) is 9.07. The van der Waals surface area contributed by atoms with Crippen LogP contribution in [-0.2, 0) is 9.53 Å². The number of ether oxygens (including phenoxy) is 1. The number of hydrogen-bond donors (Lipinski definition) is 0. The lowest BCUT2D eigenvalue weighted by molar-refractivity contribution is -0.145. The van der Waals surface area contributed by atoms with Crippen LogP contribution in [0, 0.1) is 5.41 Å². The summed E-state index contributed by atoms with van der Waals surface area (Å²) in [5.74, 6) is -0.264. The van der Waals surface area contributed by atoms with Crippen LogP contribution in [0.3, 0.4) is 0 Å². The molecule has 0 aliphatic carbocycles. The summed E-state index contributed by atoms with van der Waals surface area (Å²) in [6, 6.07) is -0.354. The van der Waals surface area contributed by atoms with Gasteiger partial charge in [-0.2, -0.15) is 0 Å². The van der Waals surface area contributed by atoms with E-state index < -0.39 is 0 Å². The Morgan fingerprint density at radius 3 is 2.00 bits per heavy atom. The second-order valence-corrected chi connectivity index (χ2v) is 3.55. The summed E-state index contributed by atoms with van der Waals surface area (Å²) in [6.45, 7) is 5.88. The number of methoxy groups -OCH3 is 1. The highest BCUT2D eigenvalue weighted by molar-refractivity contribution is 5.76. The summed E-state index contributed by atoms with van der Waals surface area (Å²) < 4.78 is 4.60. The van der Waals surface area contributed by atoms with Crippen LogP contribution < -0.4 is 5.32 Å². The van der Waals surface area contributed by atoms with Gasteiger partial charge in [0.15, 0.2) is 0 Å². The van der Waals surface area contributed by atoms with Gasteiger partial charge in [-0.25, -0.2) is 5.32 Å². The number of carbonyl (C=O) groups is 1. The van der Waals surface area contributed by atoms with E-state index in [1.54, 1.807) is 7.05 Å². The maximum atomic E-state index is 11.1. The van der Waals surface area contributed by atoms with Crippen LogP contribution in [0.5, 0.6) is 0 Å². The maximum Gasteiger partial charge on any atom is 0.325 e. The first kappa shape index (κ1) is 10.4. The molecule has 0 amide bonds. The van der Waals surface area contributed by atoms with E-state index in [0.29, 0.717) is 0 Å². The number of rotatable bonds is 2. The van der Waals surface area contributed by atoms with Crippen LogP contribution in [0.2, 0.25) is 0 Å². The van der Waals surface area contributed by atoms with E-state index in [-0.39, 0.29) is 17.4 Å². The minimum atomic E-state index is -0.354. The summed E-state index contributed by atoms with van der Waals surface area (Å²) >= 11 is 0. The fourth-order valence-electron chi connectivity index (χ4n) is 0.958. The normalized spacial score (nSPS) is 14.3. The van der Waals surface area contributed by atoms with E-state index in [1.165, 1.54) is 7.11 Å². The summed E-state index contributed by atoms with van der Waals surface area (Å²) in [7, 11) is 3.01. The van der Waals surface area contributed by atoms with Crippen LogP contribution in [0.4, 0.5) is 0 Å². The third-order valence-electron chi connectivity index (χ3n) is 1.50. The molecule has 0 saturated heterocycles. The Balaban J connectivity index is 4.29. The highest BCUT2D eigenvalue weighted by atomic mass is 16.5. The van der Waals surface area contributed by atoms with Gasteiger partial charge in [0.2, 0.25) is 0 Å². The highest BCUT2D eigenvalue weighted by Gasteiger charge is 2.31. The van der Waals surface area contributed by atoms with E-state index in [0.717, 1.165) is 0 Å². The van der Waals surface area contributed by atoms with Gasteiger partial charge in [0.25, 0.3) is 0 Å². The minimum Gasteiger partial charge on any atom is -0.468 e. The van der Waals surface area contributed by atoms with Gasteiger partial charge in [0.1, 0.15) is 6.04 Å². The Morgan fingerprint density at radius 2 is 1.91 bits per heavy atom. The van der Waals surface area contributed by atoms with Gasteiger partial charge in [-0.05, 0) is 5.41 Å². The van der Waals surface area contributed by atoms with Crippen LogP contribution >= 0.6 is 0 Å². The van der Waals surface area contributed by atoms with Gasteiger partial charge >= 0.3 is 5.97 Å². The molecule has 0 fully saturated rings. The van der Waals surface area contributed by atoms with Gasteiger partial charge in [0.05, 0.1) is 7.11 Å². The topological polar surface area (TPSA) is 40.4 Å². The third kappa shape index (κ3) is 2.89. The molecular formula is C8H16NO2. The molecule has 0 aliphatic rings. The number of likely N-dealkylation sites (N-methyl/N-ethyl adjacent to an activating group) is 1. The van der Waals surface area contributed by atoms with Crippen molar-refractivity contribution in [3.05, 3.63) is 0 Å². The van der Waals surface area contributed by atoms with E-state index in [4.69, 9.17) is 0 Å². The van der Waals surface area contributed by atoms with Crippen molar-refractivity contribution < 1.29 is 9.53 Å². The minimum absolute atomic E-state index is 0.151. The predicted molar refractivity (Wildman–Crippen MR) is 43.3 cm³/mol. The smallest absolute Gasteiger partial charge is 0.325 e. The summed E-state index contributed by atoms with van der Waals surface area (Å²) in [5, 5.41) is 3.96. The molecule has 0 saturated carbocycles. The zero-order valence-corrected chi connectivity index (χ0v) is 7.84. The van der Waals surface area contributed by atoms with Crippen LogP contribution in [0.1, 0.15) is 20.8 Å². The average molecular weight is 158 g/mol. The number of nitrogens with zero attached hydrogens (tertiary/aromatic N) is 1. The quantitative estimate of drug-likeness (QED) is 0.558. The third-order valence-corrected chi connectivity index (χ3v) is 1.50. The largest absolute Gasteiger partial charge is 0.468 e. The summed E-state index contributed by atoms with van der Waals surface area (Å²) in [4.78, 5) is 11.1. The molecule has 0 aliphatic heterocycles. The van der Waals surface area contributed by atoms with Crippen molar-refractivity contribution in [3.8, 4) is 0 Å². The molecule has 1 radical (unpaired) electrons. The molecule has 0 rings (SSSR count). The lowest BCUT2D eigenvalue weighted by atomic mass is 9.87. The summed E-state index contributed by atoms with van der Waals surface area (Å²) in [6.07, 6.45) is 0. The maximum absolute atomic E-state index is 11.1. The van der Waals surface area contributed by atoms with Crippen molar-refractivity contribution in [3.63, 3.8) is 0 Å². The van der Waals surface area contributed by atoms with Crippen LogP contribution in [0.15, 0.2) is 0 Å². The second kappa shape index (κ2) is 3.72. The van der Waals surface area contributed by atoms with Crippen LogP contribution in [0.25, 0.3) is 0 Å². The number of esters is 1. The van der Waals surface area contributed by atoms with Crippen LogP contribution in [-0.4, -0.2) is 26.2 Å². The molecular weight excluding hydrogens is 142 g/mol. The predicted octanol–water partition coefficient (Wildman–Crippen LogP) is 0.808. The SMILES string of the molecule is C[N][C@@H](C(=O)OC)C(C)(C)C. The molecule has 3 nitrogen and oxygen atoms in total. The molecule has 0 aromatic carbocycles. The Kier molecular flexibility index (Phi) is 3.52. The molecule has 0 bridgehead atoms. The monoisotopic (exact) mass is 158 g/mol. The molecule has 0 spiro atoms. The molecule has 1 atom stereocenters. The van der Waals surface area contributed by atoms with E-state index in [2.05, 4.69) is 10.1 Å². The molecule has 0 heterocycles. The number of hydrogen-bond acceptors (Lipinski definition) is 2. The fraction of sp³-hybridized carbons (Fsp3) is 0.875. The van der Waals surface area contributed by atoms with Gasteiger partial charge in [-0.1, -0.05) is 20.8 Å². The first-order valence-corrected chi connectivity index (χ1v) is 3.60.